The van der Waals surface area contributed by atoms with Crippen molar-refractivity contribution in [1.29, 1.82) is 0 Å². The summed E-state index contributed by atoms with van der Waals surface area (Å²) in [6.07, 6.45) is 1.12. The van der Waals surface area contributed by atoms with Gasteiger partial charge in [0.05, 0.1) is 6.54 Å². The third-order valence-electron chi connectivity index (χ3n) is 3.63. The Labute approximate surface area is 111 Å². The second kappa shape index (κ2) is 7.19. The van der Waals surface area contributed by atoms with Crippen LogP contribution in [0, 0.1) is 5.92 Å². The minimum Gasteiger partial charge on any atom is -0.342 e. The molecule has 2 N–H and O–H groups in total. The van der Waals surface area contributed by atoms with Crippen molar-refractivity contribution in [2.45, 2.75) is 39.3 Å². The Morgan fingerprint density at radius 1 is 1.53 bits per heavy atom. The van der Waals surface area contributed by atoms with Crippen molar-refractivity contribution >= 4 is 18.3 Å². The summed E-state index contributed by atoms with van der Waals surface area (Å²) in [5, 5.41) is 0. The molecule has 1 aliphatic heterocycles. The van der Waals surface area contributed by atoms with Gasteiger partial charge in [0.2, 0.25) is 5.91 Å². The summed E-state index contributed by atoms with van der Waals surface area (Å²) in [6, 6.07) is 0.758. The molecular formula is C12H26ClN3O. The van der Waals surface area contributed by atoms with E-state index in [-0.39, 0.29) is 24.4 Å². The molecule has 1 saturated heterocycles. The molecule has 2 atom stereocenters. The minimum atomic E-state index is 0. The maximum Gasteiger partial charge on any atom is 0.236 e. The van der Waals surface area contributed by atoms with E-state index in [4.69, 9.17) is 5.73 Å². The van der Waals surface area contributed by atoms with Crippen LogP contribution in [-0.2, 0) is 4.79 Å². The van der Waals surface area contributed by atoms with Crippen LogP contribution in [0.25, 0.3) is 0 Å². The number of likely N-dealkylation sites (N-methyl/N-ethyl adjacent to an activating group) is 1. The predicted octanol–water partition coefficient (Wildman–Crippen LogP) is 0.944. The third kappa shape index (κ3) is 4.45. The predicted molar refractivity (Wildman–Crippen MR) is 73.4 cm³/mol. The molecular weight excluding hydrogens is 238 g/mol. The lowest BCUT2D eigenvalue weighted by Crippen LogP contribution is -2.42. The van der Waals surface area contributed by atoms with Crippen LogP contribution in [0.15, 0.2) is 0 Å². The first-order valence-electron chi connectivity index (χ1n) is 6.15. The van der Waals surface area contributed by atoms with E-state index >= 15 is 0 Å². The summed E-state index contributed by atoms with van der Waals surface area (Å²) in [5.41, 5.74) is 5.68. The van der Waals surface area contributed by atoms with Crippen LogP contribution in [0.2, 0.25) is 0 Å². The molecule has 0 aromatic rings. The zero-order chi connectivity index (χ0) is 12.3. The largest absolute Gasteiger partial charge is 0.342 e. The second-order valence-corrected chi connectivity index (χ2v) is 5.21. The van der Waals surface area contributed by atoms with E-state index < -0.39 is 0 Å². The molecule has 0 spiro atoms. The fraction of sp³-hybridized carbons (Fsp3) is 0.917. The van der Waals surface area contributed by atoms with Crippen LogP contribution in [0.1, 0.15) is 27.2 Å². The Morgan fingerprint density at radius 3 is 2.53 bits per heavy atom. The SMILES string of the molecule is CC1CC(CN)CN1CC(=O)N(C)C(C)C.Cl. The highest BCUT2D eigenvalue weighted by Gasteiger charge is 2.30. The van der Waals surface area contributed by atoms with Gasteiger partial charge in [-0.05, 0) is 39.7 Å². The van der Waals surface area contributed by atoms with Gasteiger partial charge in [0.1, 0.15) is 0 Å². The molecule has 1 fully saturated rings. The number of likely N-dealkylation sites (tertiary alicyclic amines) is 1. The highest BCUT2D eigenvalue weighted by atomic mass is 35.5. The van der Waals surface area contributed by atoms with Crippen molar-refractivity contribution < 1.29 is 4.79 Å². The van der Waals surface area contributed by atoms with Gasteiger partial charge in [0, 0.05) is 25.7 Å². The van der Waals surface area contributed by atoms with E-state index in [1.165, 1.54) is 0 Å². The topological polar surface area (TPSA) is 49.6 Å². The van der Waals surface area contributed by atoms with E-state index in [0.29, 0.717) is 18.5 Å². The molecule has 2 unspecified atom stereocenters. The average molecular weight is 264 g/mol. The fourth-order valence-corrected chi connectivity index (χ4v) is 2.18. The zero-order valence-electron chi connectivity index (χ0n) is 11.3. The highest BCUT2D eigenvalue weighted by Crippen LogP contribution is 2.21. The molecule has 17 heavy (non-hydrogen) atoms. The van der Waals surface area contributed by atoms with Gasteiger partial charge < -0.3 is 10.6 Å². The molecule has 1 rings (SSSR count). The molecule has 4 nitrogen and oxygen atoms in total. The van der Waals surface area contributed by atoms with Gasteiger partial charge in [-0.3, -0.25) is 9.69 Å². The van der Waals surface area contributed by atoms with Crippen molar-refractivity contribution in [3.8, 4) is 0 Å². The number of hydrogen-bond acceptors (Lipinski definition) is 3. The number of nitrogens with zero attached hydrogens (tertiary/aromatic N) is 2. The van der Waals surface area contributed by atoms with Crippen LogP contribution < -0.4 is 5.73 Å². The lowest BCUT2D eigenvalue weighted by Gasteiger charge is -2.26. The summed E-state index contributed by atoms with van der Waals surface area (Å²) < 4.78 is 0. The molecule has 0 saturated carbocycles. The minimum absolute atomic E-state index is 0. The first-order valence-corrected chi connectivity index (χ1v) is 6.15. The Morgan fingerprint density at radius 2 is 2.12 bits per heavy atom. The third-order valence-corrected chi connectivity index (χ3v) is 3.63. The van der Waals surface area contributed by atoms with Gasteiger partial charge in [-0.1, -0.05) is 0 Å². The molecule has 102 valence electrons. The molecule has 0 aromatic heterocycles. The van der Waals surface area contributed by atoms with E-state index in [0.717, 1.165) is 19.5 Å². The van der Waals surface area contributed by atoms with Crippen molar-refractivity contribution in [3.63, 3.8) is 0 Å². The number of hydrogen-bond donors (Lipinski definition) is 1. The Hall–Kier alpha value is -0.320. The van der Waals surface area contributed by atoms with Gasteiger partial charge >= 0.3 is 0 Å². The Balaban J connectivity index is 0.00000256. The Bertz CT molecular complexity index is 248. The number of nitrogens with two attached hydrogens (primary N) is 1. The number of halogens is 1. The summed E-state index contributed by atoms with van der Waals surface area (Å²) in [7, 11) is 1.87. The van der Waals surface area contributed by atoms with Gasteiger partial charge in [-0.25, -0.2) is 0 Å². The second-order valence-electron chi connectivity index (χ2n) is 5.21. The van der Waals surface area contributed by atoms with Crippen LogP contribution in [0.3, 0.4) is 0 Å². The number of carbonyl (C=O) groups excluding carboxylic acids is 1. The standard InChI is InChI=1S/C12H25N3O.ClH/c1-9(2)14(4)12(16)8-15-7-11(6-13)5-10(15)3;/h9-11H,5-8,13H2,1-4H3;1H. The lowest BCUT2D eigenvalue weighted by molar-refractivity contribution is -0.132. The average Bonchev–Trinajstić information content (AvgIpc) is 2.58. The molecule has 5 heteroatoms. The van der Waals surface area contributed by atoms with Crippen LogP contribution in [-0.4, -0.2) is 54.5 Å². The fourth-order valence-electron chi connectivity index (χ4n) is 2.18. The van der Waals surface area contributed by atoms with E-state index in [2.05, 4.69) is 11.8 Å². The number of rotatable bonds is 4. The number of amides is 1. The molecule has 1 aliphatic rings. The van der Waals surface area contributed by atoms with Crippen molar-refractivity contribution in [2.75, 3.05) is 26.7 Å². The van der Waals surface area contributed by atoms with Gasteiger partial charge in [0.25, 0.3) is 0 Å². The van der Waals surface area contributed by atoms with Crippen LogP contribution >= 0.6 is 12.4 Å². The molecule has 1 amide bonds. The van der Waals surface area contributed by atoms with E-state index in [1.807, 2.05) is 25.8 Å². The summed E-state index contributed by atoms with van der Waals surface area (Å²) >= 11 is 0. The van der Waals surface area contributed by atoms with E-state index in [9.17, 15) is 4.79 Å². The quantitative estimate of drug-likeness (QED) is 0.822. The summed E-state index contributed by atoms with van der Waals surface area (Å²) in [5.74, 6) is 0.770. The smallest absolute Gasteiger partial charge is 0.236 e. The van der Waals surface area contributed by atoms with Crippen LogP contribution in [0.4, 0.5) is 0 Å². The normalized spacial score (nSPS) is 24.8. The zero-order valence-corrected chi connectivity index (χ0v) is 12.2. The number of carbonyl (C=O) groups is 1. The lowest BCUT2D eigenvalue weighted by atomic mass is 10.1. The first kappa shape index (κ1) is 16.7. The first-order chi connectivity index (χ1) is 7.45. The van der Waals surface area contributed by atoms with Crippen molar-refractivity contribution in [2.24, 2.45) is 11.7 Å². The Kier molecular flexibility index (Phi) is 7.05. The van der Waals surface area contributed by atoms with Crippen LogP contribution in [0.5, 0.6) is 0 Å². The molecule has 1 heterocycles. The molecule has 0 aliphatic carbocycles. The molecule has 0 radical (unpaired) electrons. The van der Waals surface area contributed by atoms with E-state index in [1.54, 1.807) is 0 Å². The monoisotopic (exact) mass is 263 g/mol. The van der Waals surface area contributed by atoms with Gasteiger partial charge in [-0.2, -0.15) is 0 Å². The van der Waals surface area contributed by atoms with Crippen molar-refractivity contribution in [1.82, 2.24) is 9.80 Å². The summed E-state index contributed by atoms with van der Waals surface area (Å²) in [4.78, 5) is 16.0. The molecule has 0 aromatic carbocycles. The van der Waals surface area contributed by atoms with Gasteiger partial charge in [-0.15, -0.1) is 12.4 Å². The maximum atomic E-state index is 11.9. The molecule has 0 bridgehead atoms. The van der Waals surface area contributed by atoms with Crippen molar-refractivity contribution in [3.05, 3.63) is 0 Å². The van der Waals surface area contributed by atoms with Gasteiger partial charge in [0.15, 0.2) is 0 Å². The summed E-state index contributed by atoms with van der Waals surface area (Å²) in [6.45, 7) is 8.48. The highest BCUT2D eigenvalue weighted by molar-refractivity contribution is 5.85. The maximum absolute atomic E-state index is 11.9.